The van der Waals surface area contributed by atoms with Crippen molar-refractivity contribution in [1.29, 1.82) is 0 Å². The molecule has 1 aliphatic heterocycles. The molecule has 27 heavy (non-hydrogen) atoms. The van der Waals surface area contributed by atoms with Crippen molar-refractivity contribution < 1.29 is 15.3 Å². The Hall–Kier alpha value is -2.82. The summed E-state index contributed by atoms with van der Waals surface area (Å²) in [5.74, 6) is -0.361. The summed E-state index contributed by atoms with van der Waals surface area (Å²) in [7, 11) is 0. The number of phenols is 2. The number of β-amino-alcohol motifs (C(OH)–C–C–N with tert-alkyl or cyclic N) is 1. The zero-order valence-corrected chi connectivity index (χ0v) is 15.0. The molecule has 3 aromatic carbocycles. The Morgan fingerprint density at radius 3 is 2.19 bits per heavy atom. The largest absolute Gasteiger partial charge is 0.504 e. The lowest BCUT2D eigenvalue weighted by atomic mass is 9.83. The van der Waals surface area contributed by atoms with Crippen molar-refractivity contribution in [2.24, 2.45) is 0 Å². The lowest BCUT2D eigenvalue weighted by Crippen LogP contribution is -2.40. The normalized spacial score (nSPS) is 20.0. The second kappa shape index (κ2) is 7.06. The number of benzene rings is 3. The van der Waals surface area contributed by atoms with Crippen LogP contribution in [0.15, 0.2) is 72.8 Å². The summed E-state index contributed by atoms with van der Waals surface area (Å²) in [6.45, 7) is 1.88. The minimum Gasteiger partial charge on any atom is -0.504 e. The van der Waals surface area contributed by atoms with Gasteiger partial charge in [0, 0.05) is 19.6 Å². The van der Waals surface area contributed by atoms with E-state index < -0.39 is 5.60 Å². The maximum atomic E-state index is 11.8. The van der Waals surface area contributed by atoms with E-state index in [-0.39, 0.29) is 11.5 Å². The fourth-order valence-electron chi connectivity index (χ4n) is 3.92. The Kier molecular flexibility index (Phi) is 4.60. The van der Waals surface area contributed by atoms with Crippen molar-refractivity contribution in [3.63, 3.8) is 0 Å². The molecule has 138 valence electrons. The molecule has 3 N–H and O–H groups in total. The minimum atomic E-state index is -1.27. The molecular formula is C23H23NO3. The second-order valence-electron chi connectivity index (χ2n) is 7.17. The molecule has 4 rings (SSSR count). The molecule has 0 aliphatic carbocycles. The van der Waals surface area contributed by atoms with Crippen molar-refractivity contribution in [2.45, 2.75) is 18.6 Å². The summed E-state index contributed by atoms with van der Waals surface area (Å²) in [4.78, 5) is 2.22. The number of nitrogens with zero attached hydrogens (tertiary/aromatic N) is 1. The van der Waals surface area contributed by atoms with Crippen LogP contribution in [-0.4, -0.2) is 33.3 Å². The van der Waals surface area contributed by atoms with Crippen LogP contribution in [0.2, 0.25) is 0 Å². The maximum absolute atomic E-state index is 11.8. The number of rotatable bonds is 3. The van der Waals surface area contributed by atoms with Crippen LogP contribution in [0.1, 0.15) is 22.3 Å². The fraction of sp³-hybridized carbons (Fsp3) is 0.217. The highest BCUT2D eigenvalue weighted by Gasteiger charge is 2.38. The molecule has 1 atom stereocenters. The molecule has 0 spiro atoms. The van der Waals surface area contributed by atoms with Crippen molar-refractivity contribution in [1.82, 2.24) is 4.90 Å². The SMILES string of the molecule is Oc1cc2c(cc1O)C(O)(c1ccccc1)CN(Cc1ccccc1)CC2. The Labute approximate surface area is 159 Å². The third-order valence-corrected chi connectivity index (χ3v) is 5.30. The van der Waals surface area contributed by atoms with Gasteiger partial charge in [0.1, 0.15) is 5.60 Å². The van der Waals surface area contributed by atoms with Gasteiger partial charge in [0.2, 0.25) is 0 Å². The third kappa shape index (κ3) is 3.42. The van der Waals surface area contributed by atoms with Gasteiger partial charge in [-0.05, 0) is 40.8 Å². The number of aromatic hydroxyl groups is 2. The molecule has 0 aromatic heterocycles. The van der Waals surface area contributed by atoms with Crippen LogP contribution in [0.4, 0.5) is 0 Å². The van der Waals surface area contributed by atoms with Crippen LogP contribution in [0.5, 0.6) is 11.5 Å². The Morgan fingerprint density at radius 1 is 0.852 bits per heavy atom. The van der Waals surface area contributed by atoms with E-state index in [1.165, 1.54) is 11.6 Å². The monoisotopic (exact) mass is 361 g/mol. The smallest absolute Gasteiger partial charge is 0.157 e. The summed E-state index contributed by atoms with van der Waals surface area (Å²) >= 11 is 0. The van der Waals surface area contributed by atoms with Crippen LogP contribution in [0.25, 0.3) is 0 Å². The van der Waals surface area contributed by atoms with Gasteiger partial charge in [0.05, 0.1) is 0 Å². The summed E-state index contributed by atoms with van der Waals surface area (Å²) < 4.78 is 0. The number of hydrogen-bond donors (Lipinski definition) is 3. The molecule has 1 unspecified atom stereocenters. The fourth-order valence-corrected chi connectivity index (χ4v) is 3.92. The van der Waals surface area contributed by atoms with Crippen LogP contribution in [0, 0.1) is 0 Å². The summed E-state index contributed by atoms with van der Waals surface area (Å²) in [5.41, 5.74) is 2.19. The van der Waals surface area contributed by atoms with Gasteiger partial charge in [0.25, 0.3) is 0 Å². The van der Waals surface area contributed by atoms with Gasteiger partial charge in [-0.25, -0.2) is 0 Å². The standard InChI is InChI=1S/C23H23NO3/c25-21-13-18-11-12-24(15-17-7-3-1-4-8-17)16-23(27,20(18)14-22(21)26)19-9-5-2-6-10-19/h1-10,13-14,25-27H,11-12,15-16H2. The number of fused-ring (bicyclic) bond motifs is 1. The maximum Gasteiger partial charge on any atom is 0.157 e. The van der Waals surface area contributed by atoms with Crippen molar-refractivity contribution in [3.8, 4) is 11.5 Å². The highest BCUT2D eigenvalue weighted by Crippen LogP contribution is 2.40. The average molecular weight is 361 g/mol. The van der Waals surface area contributed by atoms with Gasteiger partial charge in [-0.15, -0.1) is 0 Å². The van der Waals surface area contributed by atoms with E-state index in [9.17, 15) is 15.3 Å². The van der Waals surface area contributed by atoms with Crippen LogP contribution < -0.4 is 0 Å². The van der Waals surface area contributed by atoms with Gasteiger partial charge in [-0.1, -0.05) is 60.7 Å². The topological polar surface area (TPSA) is 63.9 Å². The molecule has 0 saturated carbocycles. The average Bonchev–Trinajstić information content (AvgIpc) is 2.82. The van der Waals surface area contributed by atoms with Crippen molar-refractivity contribution in [2.75, 3.05) is 13.1 Å². The first-order valence-corrected chi connectivity index (χ1v) is 9.16. The summed E-state index contributed by atoms with van der Waals surface area (Å²) in [6.07, 6.45) is 0.686. The molecule has 0 fully saturated rings. The summed E-state index contributed by atoms with van der Waals surface area (Å²) in [6, 6.07) is 22.8. The first kappa shape index (κ1) is 17.6. The van der Waals surface area contributed by atoms with Gasteiger partial charge < -0.3 is 15.3 Å². The van der Waals surface area contributed by atoms with E-state index in [1.807, 2.05) is 48.5 Å². The molecule has 3 aromatic rings. The third-order valence-electron chi connectivity index (χ3n) is 5.30. The number of hydrogen-bond acceptors (Lipinski definition) is 4. The molecule has 0 amide bonds. The molecule has 1 aliphatic rings. The van der Waals surface area contributed by atoms with Gasteiger partial charge in [-0.3, -0.25) is 4.90 Å². The zero-order valence-electron chi connectivity index (χ0n) is 15.0. The molecule has 4 heteroatoms. The van der Waals surface area contributed by atoms with Crippen LogP contribution in [-0.2, 0) is 18.6 Å². The summed E-state index contributed by atoms with van der Waals surface area (Å²) in [5, 5.41) is 31.8. The van der Waals surface area contributed by atoms with E-state index in [1.54, 1.807) is 6.07 Å². The molecular weight excluding hydrogens is 338 g/mol. The quantitative estimate of drug-likeness (QED) is 0.626. The Morgan fingerprint density at radius 2 is 1.48 bits per heavy atom. The zero-order chi connectivity index (χ0) is 18.9. The van der Waals surface area contributed by atoms with E-state index >= 15 is 0 Å². The lowest BCUT2D eigenvalue weighted by molar-refractivity contribution is 0.0382. The van der Waals surface area contributed by atoms with E-state index in [0.29, 0.717) is 18.5 Å². The highest BCUT2D eigenvalue weighted by atomic mass is 16.3. The number of aliphatic hydroxyl groups is 1. The Balaban J connectivity index is 1.78. The highest BCUT2D eigenvalue weighted by molar-refractivity contribution is 5.51. The first-order chi connectivity index (χ1) is 13.1. The lowest BCUT2D eigenvalue weighted by Gasteiger charge is -2.33. The molecule has 4 nitrogen and oxygen atoms in total. The van der Waals surface area contributed by atoms with E-state index in [2.05, 4.69) is 17.0 Å². The molecule has 1 heterocycles. The van der Waals surface area contributed by atoms with Crippen molar-refractivity contribution >= 4 is 0 Å². The van der Waals surface area contributed by atoms with Gasteiger partial charge >= 0.3 is 0 Å². The number of phenolic OH excluding ortho intramolecular Hbond substituents is 2. The Bertz CT molecular complexity index is 927. The minimum absolute atomic E-state index is 0.152. The molecule has 0 bridgehead atoms. The van der Waals surface area contributed by atoms with Crippen LogP contribution in [0.3, 0.4) is 0 Å². The van der Waals surface area contributed by atoms with Crippen molar-refractivity contribution in [3.05, 3.63) is 95.1 Å². The van der Waals surface area contributed by atoms with Gasteiger partial charge in [0.15, 0.2) is 11.5 Å². The molecule has 0 saturated heterocycles. The van der Waals surface area contributed by atoms with E-state index in [4.69, 9.17) is 0 Å². The van der Waals surface area contributed by atoms with Crippen LogP contribution >= 0.6 is 0 Å². The molecule has 0 radical (unpaired) electrons. The predicted molar refractivity (Wildman–Crippen MR) is 105 cm³/mol. The predicted octanol–water partition coefficient (Wildman–Crippen LogP) is 3.39. The van der Waals surface area contributed by atoms with Gasteiger partial charge in [-0.2, -0.15) is 0 Å². The first-order valence-electron chi connectivity index (χ1n) is 9.16. The van der Waals surface area contributed by atoms with E-state index in [0.717, 1.165) is 24.2 Å². The second-order valence-corrected chi connectivity index (χ2v) is 7.17.